The van der Waals surface area contributed by atoms with Crippen molar-refractivity contribution in [1.29, 1.82) is 0 Å². The lowest BCUT2D eigenvalue weighted by Crippen LogP contribution is -2.63. The molecule has 0 spiro atoms. The van der Waals surface area contributed by atoms with Gasteiger partial charge in [0, 0.05) is 32.5 Å². The Labute approximate surface area is 349 Å². The van der Waals surface area contributed by atoms with Crippen molar-refractivity contribution in [2.45, 2.75) is 140 Å². The summed E-state index contributed by atoms with van der Waals surface area (Å²) in [5.74, 6) is -1.17. The van der Waals surface area contributed by atoms with Crippen LogP contribution in [-0.2, 0) is 46.7 Å². The zero-order valence-electron chi connectivity index (χ0n) is 35.4. The predicted molar refractivity (Wildman–Crippen MR) is 223 cm³/mol. The highest BCUT2D eigenvalue weighted by molar-refractivity contribution is 7.92. The summed E-state index contributed by atoms with van der Waals surface area (Å²) in [6, 6.07) is 3.20. The van der Waals surface area contributed by atoms with E-state index >= 15 is 0 Å². The minimum atomic E-state index is -3.65. The van der Waals surface area contributed by atoms with E-state index in [1.54, 1.807) is 46.4 Å². The van der Waals surface area contributed by atoms with E-state index in [1.807, 2.05) is 24.3 Å². The Morgan fingerprint density at radius 2 is 1.68 bits per heavy atom. The van der Waals surface area contributed by atoms with Gasteiger partial charge in [-0.3, -0.25) is 19.2 Å². The highest BCUT2D eigenvalue weighted by Gasteiger charge is 2.48. The van der Waals surface area contributed by atoms with Crippen LogP contribution in [0.25, 0.3) is 0 Å². The summed E-state index contributed by atoms with van der Waals surface area (Å²) in [6.07, 6.45) is 9.01. The molecule has 1 aromatic carbocycles. The molecular weight excluding hydrogens is 777 g/mol. The Balaban J connectivity index is 1.61. The first-order valence-corrected chi connectivity index (χ1v) is 22.1. The summed E-state index contributed by atoms with van der Waals surface area (Å²) in [4.78, 5) is 85.1. The number of benzene rings is 1. The number of nitrogens with zero attached hydrogens (tertiary/aromatic N) is 2. The molecule has 59 heavy (non-hydrogen) atoms. The number of ketones is 1. The Bertz CT molecular complexity index is 1910. The smallest absolute Gasteiger partial charge is 0.410 e. The van der Waals surface area contributed by atoms with E-state index in [4.69, 9.17) is 11.2 Å². The Kier molecular flexibility index (Phi) is 15.4. The van der Waals surface area contributed by atoms with Crippen LogP contribution in [0.1, 0.15) is 104 Å². The molecule has 2 aliphatic heterocycles. The van der Waals surface area contributed by atoms with Crippen LogP contribution in [-0.4, -0.2) is 114 Å². The lowest BCUT2D eigenvalue weighted by Gasteiger charge is -2.41. The molecule has 2 heterocycles. The van der Waals surface area contributed by atoms with Crippen LogP contribution in [0.2, 0.25) is 0 Å². The number of hydrogen-bond acceptors (Lipinski definition) is 9. The van der Waals surface area contributed by atoms with Crippen molar-refractivity contribution >= 4 is 45.5 Å². The molecule has 3 aliphatic rings. The Morgan fingerprint density at radius 1 is 1.02 bits per heavy atom. The number of carbonyl (C=O) groups excluding carboxylic acids is 6. The number of likely N-dealkylation sites (tertiary alicyclic amines) is 1. The maximum Gasteiger partial charge on any atom is 0.410 e. The van der Waals surface area contributed by atoms with Crippen LogP contribution in [0.4, 0.5) is 9.59 Å². The standard InChI is InChI=1S/C43H62N6O9S/c1-9-11-19-32(34(50)37(52)44-23-10-2)45-36(51)33-25-31(58-40(55)48-24-20-29-17-13-14-18-30(29)26-48)27-49(33)38(53)35(41(3,4)5)46-39(54)47-43(21-15-12-16-22-43)28-59(56,57)42(6,7)8/h1,10,13-14,17-18,31-33,35H,2,11-12,15-16,19-28H2,3-8H3,(H,44,52)(H,45,51)(H2,46,47,54)/t31?,32?,33-,35+/m0/s1. The van der Waals surface area contributed by atoms with Gasteiger partial charge in [0.1, 0.15) is 18.2 Å². The first-order chi connectivity index (χ1) is 27.6. The van der Waals surface area contributed by atoms with Crippen LogP contribution < -0.4 is 21.3 Å². The number of ether oxygens (including phenoxy) is 1. The average Bonchev–Trinajstić information content (AvgIpc) is 3.59. The highest BCUT2D eigenvalue weighted by atomic mass is 32.2. The minimum Gasteiger partial charge on any atom is -0.444 e. The van der Waals surface area contributed by atoms with Gasteiger partial charge in [-0.15, -0.1) is 18.9 Å². The SMILES string of the molecule is C#CCCC(NC(=O)[C@@H]1CC(OC(=O)N2CCc3ccccc3C2)CN1C(=O)[C@@H](NC(=O)NC1(CS(=O)(=O)C(C)(C)C)CCCCC1)C(C)(C)C)C(=O)C(=O)NCC=C. The van der Waals surface area contributed by atoms with Crippen molar-refractivity contribution in [3.8, 4) is 12.3 Å². The number of sulfone groups is 1. The van der Waals surface area contributed by atoms with Crippen molar-refractivity contribution in [3.63, 3.8) is 0 Å². The van der Waals surface area contributed by atoms with Gasteiger partial charge >= 0.3 is 12.1 Å². The third-order valence-corrected chi connectivity index (χ3v) is 14.1. The molecule has 4 N–H and O–H groups in total. The summed E-state index contributed by atoms with van der Waals surface area (Å²) in [6.45, 7) is 14.2. The molecule has 2 fully saturated rings. The van der Waals surface area contributed by atoms with Crippen molar-refractivity contribution in [1.82, 2.24) is 31.1 Å². The van der Waals surface area contributed by atoms with Crippen molar-refractivity contribution in [3.05, 3.63) is 48.0 Å². The van der Waals surface area contributed by atoms with Crippen LogP contribution in [0.5, 0.6) is 0 Å². The molecule has 16 heteroatoms. The second-order valence-electron chi connectivity index (χ2n) is 18.0. The number of urea groups is 1. The highest BCUT2D eigenvalue weighted by Crippen LogP contribution is 2.33. The molecule has 1 saturated carbocycles. The molecule has 324 valence electrons. The molecule has 1 aromatic rings. The molecular formula is C43H62N6O9S. The molecule has 0 radical (unpaired) electrons. The van der Waals surface area contributed by atoms with E-state index in [9.17, 15) is 37.2 Å². The van der Waals surface area contributed by atoms with Gasteiger partial charge < -0.3 is 35.8 Å². The third kappa shape index (κ3) is 12.1. The van der Waals surface area contributed by atoms with E-state index in [1.165, 1.54) is 11.0 Å². The first kappa shape index (κ1) is 46.8. The van der Waals surface area contributed by atoms with Gasteiger partial charge in [-0.05, 0) is 63.0 Å². The van der Waals surface area contributed by atoms with Gasteiger partial charge in [0.2, 0.25) is 17.6 Å². The van der Waals surface area contributed by atoms with Crippen LogP contribution >= 0.6 is 0 Å². The molecule has 2 unspecified atom stereocenters. The van der Waals surface area contributed by atoms with E-state index in [0.29, 0.717) is 32.4 Å². The summed E-state index contributed by atoms with van der Waals surface area (Å²) in [7, 11) is -3.65. The topological polar surface area (TPSA) is 200 Å². The van der Waals surface area contributed by atoms with Crippen molar-refractivity contribution < 1.29 is 41.9 Å². The second-order valence-corrected chi connectivity index (χ2v) is 20.7. The minimum absolute atomic E-state index is 0.0171. The fraction of sp³-hybridized carbons (Fsp3) is 0.628. The third-order valence-electron chi connectivity index (χ3n) is 11.3. The van der Waals surface area contributed by atoms with Gasteiger partial charge in [0.25, 0.3) is 5.91 Å². The zero-order chi connectivity index (χ0) is 43.8. The van der Waals surface area contributed by atoms with Gasteiger partial charge in [0.15, 0.2) is 9.84 Å². The number of Topliss-reactive ketones (excluding diaryl/α,β-unsaturated/α-hetero) is 1. The number of terminal acetylenes is 1. The fourth-order valence-corrected chi connectivity index (χ4v) is 9.28. The maximum absolute atomic E-state index is 14.8. The monoisotopic (exact) mass is 838 g/mol. The summed E-state index contributed by atoms with van der Waals surface area (Å²) in [5.41, 5.74) is 0.131. The Hall–Kier alpha value is -4.91. The van der Waals surface area contributed by atoms with Gasteiger partial charge in [-0.1, -0.05) is 70.4 Å². The lowest BCUT2D eigenvalue weighted by molar-refractivity contribution is -0.143. The molecule has 0 aromatic heterocycles. The number of fused-ring (bicyclic) bond motifs is 1. The van der Waals surface area contributed by atoms with Gasteiger partial charge in [0.05, 0.1) is 28.6 Å². The molecule has 1 saturated heterocycles. The maximum atomic E-state index is 14.8. The van der Waals surface area contributed by atoms with Crippen molar-refractivity contribution in [2.24, 2.45) is 5.41 Å². The number of nitrogens with one attached hydrogen (secondary N) is 4. The van der Waals surface area contributed by atoms with E-state index < -0.39 is 85.4 Å². The van der Waals surface area contributed by atoms with Crippen LogP contribution in [0.3, 0.4) is 0 Å². The second kappa shape index (κ2) is 19.4. The molecule has 1 aliphatic carbocycles. The summed E-state index contributed by atoms with van der Waals surface area (Å²) >= 11 is 0. The average molecular weight is 839 g/mol. The van der Waals surface area contributed by atoms with Crippen molar-refractivity contribution in [2.75, 3.05) is 25.4 Å². The molecule has 4 rings (SSSR count). The molecule has 4 atom stereocenters. The molecule has 0 bridgehead atoms. The normalized spacial score (nSPS) is 20.2. The molecule has 6 amide bonds. The molecule has 15 nitrogen and oxygen atoms in total. The van der Waals surface area contributed by atoms with Crippen LogP contribution in [0, 0.1) is 17.8 Å². The first-order valence-electron chi connectivity index (χ1n) is 20.4. The number of amides is 6. The van der Waals surface area contributed by atoms with E-state index in [2.05, 4.69) is 33.8 Å². The largest absolute Gasteiger partial charge is 0.444 e. The quantitative estimate of drug-likeness (QED) is 0.123. The van der Waals surface area contributed by atoms with Crippen LogP contribution in [0.15, 0.2) is 36.9 Å². The summed E-state index contributed by atoms with van der Waals surface area (Å²) < 4.78 is 31.8. The summed E-state index contributed by atoms with van der Waals surface area (Å²) in [5, 5.41) is 10.8. The number of carbonyl (C=O) groups is 6. The fourth-order valence-electron chi connectivity index (χ4n) is 7.75. The predicted octanol–water partition coefficient (Wildman–Crippen LogP) is 3.55. The zero-order valence-corrected chi connectivity index (χ0v) is 36.2. The van der Waals surface area contributed by atoms with E-state index in [-0.39, 0.29) is 38.1 Å². The van der Waals surface area contributed by atoms with Gasteiger partial charge in [-0.2, -0.15) is 0 Å². The number of rotatable bonds is 14. The Morgan fingerprint density at radius 3 is 2.29 bits per heavy atom. The number of hydrogen-bond donors (Lipinski definition) is 4. The van der Waals surface area contributed by atoms with E-state index in [0.717, 1.165) is 30.4 Å². The lowest BCUT2D eigenvalue weighted by atomic mass is 9.83. The van der Waals surface area contributed by atoms with Gasteiger partial charge in [-0.25, -0.2) is 18.0 Å².